The van der Waals surface area contributed by atoms with Gasteiger partial charge in [0, 0.05) is 43.0 Å². The van der Waals surface area contributed by atoms with Crippen LogP contribution in [0.3, 0.4) is 0 Å². The van der Waals surface area contributed by atoms with Crippen LogP contribution in [0.15, 0.2) is 73.4 Å². The number of anilines is 1. The first-order valence-corrected chi connectivity index (χ1v) is 8.97. The Balaban J connectivity index is 1.46. The monoisotopic (exact) mass is 372 g/mol. The lowest BCUT2D eigenvalue weighted by Gasteiger charge is -2.06. The van der Waals surface area contributed by atoms with Gasteiger partial charge in [0.2, 0.25) is 5.95 Å². The second-order valence-corrected chi connectivity index (χ2v) is 6.17. The molecule has 1 N–H and O–H groups in total. The Labute approximate surface area is 163 Å². The topological polar surface area (TPSA) is 77.8 Å². The van der Waals surface area contributed by atoms with Crippen molar-refractivity contribution in [2.24, 2.45) is 0 Å². The largest absolute Gasteiger partial charge is 0.497 e. The Morgan fingerprint density at radius 3 is 2.82 bits per heavy atom. The lowest BCUT2D eigenvalue weighted by atomic mass is 10.2. The molecule has 4 aromatic rings. The third-order valence-corrected chi connectivity index (χ3v) is 4.30. The molecule has 0 unspecified atom stereocenters. The van der Waals surface area contributed by atoms with E-state index in [1.807, 2.05) is 48.7 Å². The molecule has 0 saturated carbocycles. The fourth-order valence-electron chi connectivity index (χ4n) is 2.82. The van der Waals surface area contributed by atoms with Crippen LogP contribution in [-0.4, -0.2) is 38.4 Å². The van der Waals surface area contributed by atoms with Gasteiger partial charge in [-0.2, -0.15) is 5.10 Å². The molecule has 3 heterocycles. The van der Waals surface area contributed by atoms with Crippen LogP contribution < -0.4 is 10.1 Å². The molecule has 0 bridgehead atoms. The zero-order valence-corrected chi connectivity index (χ0v) is 15.5. The van der Waals surface area contributed by atoms with Gasteiger partial charge in [0.05, 0.1) is 24.7 Å². The highest BCUT2D eigenvalue weighted by molar-refractivity contribution is 5.59. The standard InChI is InChI=1S/C21H20N6O/c1-28-19-4-2-3-18(13-19)27-15-17(14-25-27)20-8-12-24-21(26-20)23-11-7-16-5-9-22-10-6-16/h2-6,8-10,12-15H,7,11H2,1H3,(H,23,24,26). The van der Waals surface area contributed by atoms with Gasteiger partial charge in [0.1, 0.15) is 5.75 Å². The smallest absolute Gasteiger partial charge is 0.223 e. The molecule has 7 heteroatoms. The van der Waals surface area contributed by atoms with Crippen molar-refractivity contribution in [1.29, 1.82) is 0 Å². The van der Waals surface area contributed by atoms with Gasteiger partial charge in [0.25, 0.3) is 0 Å². The minimum Gasteiger partial charge on any atom is -0.497 e. The minimum atomic E-state index is 0.598. The molecule has 0 spiro atoms. The van der Waals surface area contributed by atoms with Crippen molar-refractivity contribution in [3.05, 3.63) is 79.0 Å². The molecule has 0 radical (unpaired) electrons. The number of hydrogen-bond acceptors (Lipinski definition) is 6. The average Bonchev–Trinajstić information content (AvgIpc) is 3.25. The summed E-state index contributed by atoms with van der Waals surface area (Å²) in [5, 5.41) is 7.71. The highest BCUT2D eigenvalue weighted by Gasteiger charge is 2.07. The number of benzene rings is 1. The SMILES string of the molecule is COc1cccc(-n2cc(-c3ccnc(NCCc4ccncc4)n3)cn2)c1. The van der Waals surface area contributed by atoms with Crippen LogP contribution in [0.5, 0.6) is 5.75 Å². The summed E-state index contributed by atoms with van der Waals surface area (Å²) in [6.45, 7) is 0.747. The van der Waals surface area contributed by atoms with E-state index in [9.17, 15) is 0 Å². The van der Waals surface area contributed by atoms with E-state index < -0.39 is 0 Å². The third kappa shape index (κ3) is 4.15. The van der Waals surface area contributed by atoms with E-state index >= 15 is 0 Å². The molecule has 0 fully saturated rings. The van der Waals surface area contributed by atoms with E-state index in [2.05, 4.69) is 25.4 Å². The normalized spacial score (nSPS) is 10.6. The molecule has 0 amide bonds. The molecule has 0 aliphatic carbocycles. The van der Waals surface area contributed by atoms with Crippen molar-refractivity contribution in [3.63, 3.8) is 0 Å². The molecular formula is C21H20N6O. The summed E-state index contributed by atoms with van der Waals surface area (Å²) in [5.41, 5.74) is 3.88. The van der Waals surface area contributed by atoms with E-state index in [-0.39, 0.29) is 0 Å². The highest BCUT2D eigenvalue weighted by atomic mass is 16.5. The van der Waals surface area contributed by atoms with Crippen LogP contribution in [0.25, 0.3) is 16.9 Å². The van der Waals surface area contributed by atoms with Crippen LogP contribution >= 0.6 is 0 Å². The Bertz CT molecular complexity index is 1050. The first-order valence-electron chi connectivity index (χ1n) is 8.97. The number of nitrogens with one attached hydrogen (secondary N) is 1. The number of pyridine rings is 1. The number of aromatic nitrogens is 5. The van der Waals surface area contributed by atoms with Crippen LogP contribution in [0.4, 0.5) is 5.95 Å². The highest BCUT2D eigenvalue weighted by Crippen LogP contribution is 2.21. The van der Waals surface area contributed by atoms with Gasteiger partial charge in [-0.05, 0) is 42.3 Å². The van der Waals surface area contributed by atoms with Crippen molar-refractivity contribution in [2.45, 2.75) is 6.42 Å². The zero-order chi connectivity index (χ0) is 19.2. The number of hydrogen-bond donors (Lipinski definition) is 1. The first kappa shape index (κ1) is 17.7. The van der Waals surface area contributed by atoms with E-state index in [0.29, 0.717) is 5.95 Å². The number of rotatable bonds is 7. The molecule has 0 atom stereocenters. The van der Waals surface area contributed by atoms with Crippen molar-refractivity contribution < 1.29 is 4.74 Å². The lowest BCUT2D eigenvalue weighted by molar-refractivity contribution is 0.414. The fourth-order valence-corrected chi connectivity index (χ4v) is 2.82. The van der Waals surface area contributed by atoms with E-state index in [1.54, 1.807) is 36.6 Å². The van der Waals surface area contributed by atoms with Crippen molar-refractivity contribution in [3.8, 4) is 22.7 Å². The van der Waals surface area contributed by atoms with Crippen molar-refractivity contribution >= 4 is 5.95 Å². The molecule has 0 aliphatic rings. The summed E-state index contributed by atoms with van der Waals surface area (Å²) in [4.78, 5) is 12.9. The lowest BCUT2D eigenvalue weighted by Crippen LogP contribution is -2.08. The summed E-state index contributed by atoms with van der Waals surface area (Å²) in [7, 11) is 1.65. The quantitative estimate of drug-likeness (QED) is 0.536. The molecule has 140 valence electrons. The van der Waals surface area contributed by atoms with Crippen molar-refractivity contribution in [1.82, 2.24) is 24.7 Å². The van der Waals surface area contributed by atoms with Crippen molar-refractivity contribution in [2.75, 3.05) is 19.0 Å². The Kier molecular flexibility index (Phi) is 5.24. The second-order valence-electron chi connectivity index (χ2n) is 6.17. The summed E-state index contributed by atoms with van der Waals surface area (Å²) >= 11 is 0. The van der Waals surface area contributed by atoms with Crippen LogP contribution in [0.2, 0.25) is 0 Å². The molecule has 3 aromatic heterocycles. The van der Waals surface area contributed by atoms with Crippen LogP contribution in [0.1, 0.15) is 5.56 Å². The van der Waals surface area contributed by atoms with Crippen LogP contribution in [-0.2, 0) is 6.42 Å². The Hall–Kier alpha value is -3.74. The van der Waals surface area contributed by atoms with Gasteiger partial charge in [-0.1, -0.05) is 6.07 Å². The van der Waals surface area contributed by atoms with Crippen LogP contribution in [0, 0.1) is 0 Å². The summed E-state index contributed by atoms with van der Waals surface area (Å²) in [6, 6.07) is 13.6. The number of methoxy groups -OCH3 is 1. The minimum absolute atomic E-state index is 0.598. The second kappa shape index (κ2) is 8.30. The molecule has 1 aromatic carbocycles. The van der Waals surface area contributed by atoms with Gasteiger partial charge in [-0.3, -0.25) is 4.98 Å². The molecule has 4 rings (SSSR count). The molecule has 7 nitrogen and oxygen atoms in total. The number of nitrogens with zero attached hydrogens (tertiary/aromatic N) is 5. The maximum atomic E-state index is 5.28. The third-order valence-electron chi connectivity index (χ3n) is 4.30. The Morgan fingerprint density at radius 2 is 1.96 bits per heavy atom. The Morgan fingerprint density at radius 1 is 1.07 bits per heavy atom. The van der Waals surface area contributed by atoms with E-state index in [1.165, 1.54) is 5.56 Å². The van der Waals surface area contributed by atoms with Gasteiger partial charge in [-0.15, -0.1) is 0 Å². The fraction of sp³-hybridized carbons (Fsp3) is 0.143. The van der Waals surface area contributed by atoms with Gasteiger partial charge in [-0.25, -0.2) is 14.6 Å². The number of ether oxygens (including phenoxy) is 1. The summed E-state index contributed by atoms with van der Waals surface area (Å²) in [5.74, 6) is 1.39. The van der Waals surface area contributed by atoms with Gasteiger partial charge < -0.3 is 10.1 Å². The predicted octanol–water partition coefficient (Wildman–Crippen LogP) is 3.39. The average molecular weight is 372 g/mol. The molecule has 0 aliphatic heterocycles. The van der Waals surface area contributed by atoms with E-state index in [0.717, 1.165) is 35.7 Å². The van der Waals surface area contributed by atoms with Gasteiger partial charge in [0.15, 0.2) is 0 Å². The van der Waals surface area contributed by atoms with E-state index in [4.69, 9.17) is 4.74 Å². The molecule has 28 heavy (non-hydrogen) atoms. The maximum Gasteiger partial charge on any atom is 0.223 e. The van der Waals surface area contributed by atoms with Gasteiger partial charge >= 0.3 is 0 Å². The summed E-state index contributed by atoms with van der Waals surface area (Å²) in [6.07, 6.45) is 9.96. The first-order chi connectivity index (χ1) is 13.8. The zero-order valence-electron chi connectivity index (χ0n) is 15.5. The molecule has 0 saturated heterocycles. The summed E-state index contributed by atoms with van der Waals surface area (Å²) < 4.78 is 7.08. The predicted molar refractivity (Wildman–Crippen MR) is 108 cm³/mol. The molecular weight excluding hydrogens is 352 g/mol. The maximum absolute atomic E-state index is 5.28.